The third kappa shape index (κ3) is 6.25. The van der Waals surface area contributed by atoms with Crippen LogP contribution < -0.4 is 10.1 Å². The molecule has 0 aliphatic rings. The van der Waals surface area contributed by atoms with E-state index in [2.05, 4.69) is 48.1 Å². The Morgan fingerprint density at radius 2 is 2.10 bits per heavy atom. The molecular formula is C16H26BrNO2. The molecule has 1 aromatic rings. The Morgan fingerprint density at radius 3 is 2.75 bits per heavy atom. The molecule has 0 saturated heterocycles. The van der Waals surface area contributed by atoms with Crippen LogP contribution in [0.15, 0.2) is 22.7 Å². The molecule has 1 aromatic carbocycles. The van der Waals surface area contributed by atoms with Gasteiger partial charge in [-0.15, -0.1) is 0 Å². The zero-order valence-electron chi connectivity index (χ0n) is 12.7. The fraction of sp³-hybridized carbons (Fsp3) is 0.625. The molecule has 1 rings (SSSR count). The van der Waals surface area contributed by atoms with Gasteiger partial charge in [-0.25, -0.2) is 0 Å². The highest BCUT2D eigenvalue weighted by Gasteiger charge is 2.16. The van der Waals surface area contributed by atoms with E-state index in [1.165, 1.54) is 0 Å². The van der Waals surface area contributed by atoms with Crippen molar-refractivity contribution in [3.63, 3.8) is 0 Å². The summed E-state index contributed by atoms with van der Waals surface area (Å²) in [4.78, 5) is 0. The van der Waals surface area contributed by atoms with E-state index in [-0.39, 0.29) is 12.0 Å². The third-order valence-corrected chi connectivity index (χ3v) is 3.69. The molecule has 0 atom stereocenters. The van der Waals surface area contributed by atoms with Gasteiger partial charge in [-0.1, -0.05) is 36.7 Å². The van der Waals surface area contributed by atoms with E-state index in [1.807, 2.05) is 12.1 Å². The van der Waals surface area contributed by atoms with Crippen LogP contribution in [0.4, 0.5) is 0 Å². The van der Waals surface area contributed by atoms with Crippen LogP contribution in [-0.4, -0.2) is 24.9 Å². The van der Waals surface area contributed by atoms with Crippen molar-refractivity contribution >= 4 is 15.9 Å². The van der Waals surface area contributed by atoms with Crippen LogP contribution in [0.5, 0.6) is 5.75 Å². The predicted molar refractivity (Wildman–Crippen MR) is 87.1 cm³/mol. The van der Waals surface area contributed by atoms with Crippen LogP contribution in [0, 0.1) is 5.41 Å². The van der Waals surface area contributed by atoms with Crippen molar-refractivity contribution in [2.45, 2.75) is 40.2 Å². The van der Waals surface area contributed by atoms with Gasteiger partial charge in [0, 0.05) is 29.7 Å². The first-order chi connectivity index (χ1) is 9.48. The van der Waals surface area contributed by atoms with Crippen LogP contribution in [0.2, 0.25) is 0 Å². The van der Waals surface area contributed by atoms with Gasteiger partial charge >= 0.3 is 0 Å². The normalized spacial score (nSPS) is 11.7. The van der Waals surface area contributed by atoms with Crippen molar-refractivity contribution in [3.8, 4) is 5.75 Å². The van der Waals surface area contributed by atoms with Gasteiger partial charge in [0.25, 0.3) is 0 Å². The number of hydrogen-bond acceptors (Lipinski definition) is 3. The molecule has 0 aromatic heterocycles. The highest BCUT2D eigenvalue weighted by molar-refractivity contribution is 9.10. The summed E-state index contributed by atoms with van der Waals surface area (Å²) in [5.74, 6) is 0.947. The molecule has 0 radical (unpaired) electrons. The maximum absolute atomic E-state index is 9.04. The van der Waals surface area contributed by atoms with Gasteiger partial charge in [-0.3, -0.25) is 0 Å². The van der Waals surface area contributed by atoms with E-state index in [0.717, 1.165) is 48.3 Å². The number of hydrogen-bond donors (Lipinski definition) is 2. The summed E-state index contributed by atoms with van der Waals surface area (Å²) in [6.45, 7) is 9.03. The lowest BCUT2D eigenvalue weighted by atomic mass is 9.90. The molecule has 3 nitrogen and oxygen atoms in total. The zero-order valence-corrected chi connectivity index (χ0v) is 14.3. The molecule has 2 N–H and O–H groups in total. The molecular weight excluding hydrogens is 318 g/mol. The summed E-state index contributed by atoms with van der Waals surface area (Å²) in [6.07, 6.45) is 1.81. The van der Waals surface area contributed by atoms with Crippen LogP contribution in [0.1, 0.15) is 39.2 Å². The maximum atomic E-state index is 9.04. The second-order valence-electron chi connectivity index (χ2n) is 5.84. The molecule has 0 aliphatic heterocycles. The molecule has 0 amide bonds. The minimum atomic E-state index is 0.102. The van der Waals surface area contributed by atoms with E-state index in [9.17, 15) is 0 Å². The van der Waals surface area contributed by atoms with Crippen molar-refractivity contribution in [1.82, 2.24) is 5.32 Å². The number of halogens is 1. The highest BCUT2D eigenvalue weighted by Crippen LogP contribution is 2.24. The lowest BCUT2D eigenvalue weighted by Crippen LogP contribution is -2.30. The van der Waals surface area contributed by atoms with Crippen molar-refractivity contribution in [3.05, 3.63) is 28.2 Å². The van der Waals surface area contributed by atoms with Crippen molar-refractivity contribution in [1.29, 1.82) is 0 Å². The Morgan fingerprint density at radius 1 is 1.35 bits per heavy atom. The van der Waals surface area contributed by atoms with Crippen LogP contribution >= 0.6 is 15.9 Å². The maximum Gasteiger partial charge on any atom is 0.123 e. The van der Waals surface area contributed by atoms with Crippen molar-refractivity contribution in [2.24, 2.45) is 5.41 Å². The van der Waals surface area contributed by atoms with Gasteiger partial charge in [0.05, 0.1) is 6.61 Å². The second kappa shape index (κ2) is 8.65. The van der Waals surface area contributed by atoms with Gasteiger partial charge in [-0.05, 0) is 36.5 Å². The number of benzene rings is 1. The lowest BCUT2D eigenvalue weighted by Gasteiger charge is -2.24. The fourth-order valence-electron chi connectivity index (χ4n) is 1.97. The fourth-order valence-corrected chi connectivity index (χ4v) is 2.37. The van der Waals surface area contributed by atoms with Gasteiger partial charge < -0.3 is 15.2 Å². The van der Waals surface area contributed by atoms with Crippen LogP contribution in [-0.2, 0) is 6.54 Å². The largest absolute Gasteiger partial charge is 0.493 e. The Hall–Kier alpha value is -0.580. The molecule has 0 saturated carbocycles. The Bertz CT molecular complexity index is 407. The molecule has 20 heavy (non-hydrogen) atoms. The quantitative estimate of drug-likeness (QED) is 0.717. The first-order valence-electron chi connectivity index (χ1n) is 7.21. The summed E-state index contributed by atoms with van der Waals surface area (Å²) in [6, 6.07) is 6.11. The summed E-state index contributed by atoms with van der Waals surface area (Å²) in [5, 5.41) is 12.5. The smallest absolute Gasteiger partial charge is 0.123 e. The number of rotatable bonds is 9. The second-order valence-corrected chi connectivity index (χ2v) is 6.76. The van der Waals surface area contributed by atoms with Crippen LogP contribution in [0.25, 0.3) is 0 Å². The van der Waals surface area contributed by atoms with E-state index in [0.29, 0.717) is 0 Å². The third-order valence-electron chi connectivity index (χ3n) is 3.19. The lowest BCUT2D eigenvalue weighted by molar-refractivity contribution is 0.206. The molecule has 0 spiro atoms. The topological polar surface area (TPSA) is 41.5 Å². The number of ether oxygens (including phenoxy) is 1. The average Bonchev–Trinajstić information content (AvgIpc) is 2.37. The van der Waals surface area contributed by atoms with E-state index >= 15 is 0 Å². The number of nitrogens with one attached hydrogen (secondary N) is 1. The minimum Gasteiger partial charge on any atom is -0.493 e. The van der Waals surface area contributed by atoms with Crippen molar-refractivity contribution in [2.75, 3.05) is 19.8 Å². The van der Waals surface area contributed by atoms with Crippen LogP contribution in [0.3, 0.4) is 0 Å². The van der Waals surface area contributed by atoms with Crippen molar-refractivity contribution < 1.29 is 9.84 Å². The molecule has 114 valence electrons. The summed E-state index contributed by atoms with van der Waals surface area (Å²) < 4.78 is 6.83. The standard InChI is InChI=1S/C16H26BrNO2/c1-4-9-20-15-6-5-14(17)10-13(15)11-18-12-16(2,3)7-8-19/h5-6,10,18-19H,4,7-9,11-12H2,1-3H3. The minimum absolute atomic E-state index is 0.102. The van der Waals surface area contributed by atoms with E-state index < -0.39 is 0 Å². The number of aliphatic hydroxyl groups excluding tert-OH is 1. The molecule has 0 heterocycles. The molecule has 4 heteroatoms. The molecule has 0 fully saturated rings. The monoisotopic (exact) mass is 343 g/mol. The summed E-state index contributed by atoms with van der Waals surface area (Å²) >= 11 is 3.50. The first kappa shape index (κ1) is 17.5. The predicted octanol–water partition coefficient (Wildman–Crippen LogP) is 3.74. The summed E-state index contributed by atoms with van der Waals surface area (Å²) in [5.41, 5.74) is 1.26. The SMILES string of the molecule is CCCOc1ccc(Br)cc1CNCC(C)(C)CCO. The highest BCUT2D eigenvalue weighted by atomic mass is 79.9. The average molecular weight is 344 g/mol. The summed E-state index contributed by atoms with van der Waals surface area (Å²) in [7, 11) is 0. The van der Waals surface area contributed by atoms with E-state index in [1.54, 1.807) is 0 Å². The van der Waals surface area contributed by atoms with Gasteiger partial charge in [0.15, 0.2) is 0 Å². The Kier molecular flexibility index (Phi) is 7.56. The molecule has 0 bridgehead atoms. The van der Waals surface area contributed by atoms with Gasteiger partial charge in [0.1, 0.15) is 5.75 Å². The van der Waals surface area contributed by atoms with Gasteiger partial charge in [-0.2, -0.15) is 0 Å². The van der Waals surface area contributed by atoms with Gasteiger partial charge in [0.2, 0.25) is 0 Å². The molecule has 0 unspecified atom stereocenters. The molecule has 0 aliphatic carbocycles. The number of aliphatic hydroxyl groups is 1. The zero-order chi connectivity index (χ0) is 15.0. The van der Waals surface area contributed by atoms with E-state index in [4.69, 9.17) is 9.84 Å². The first-order valence-corrected chi connectivity index (χ1v) is 8.00. The Labute approximate surface area is 130 Å². The Balaban J connectivity index is 2.59.